The third-order valence-corrected chi connectivity index (χ3v) is 3.01. The monoisotopic (exact) mass is 260 g/mol. The molecule has 1 heterocycles. The number of hydrogen-bond donors (Lipinski definition) is 2. The zero-order valence-electron chi connectivity index (χ0n) is 11.4. The van der Waals surface area contributed by atoms with Crippen LogP contribution in [-0.2, 0) is 0 Å². The molecule has 4 nitrogen and oxygen atoms in total. The highest BCUT2D eigenvalue weighted by atomic mass is 16.3. The number of nitrogens with two attached hydrogens (primary N) is 1. The molecule has 2 rings (SSSR count). The Balaban J connectivity index is 1.97. The average Bonchev–Trinajstić information content (AvgIpc) is 2.77. The molecule has 102 valence electrons. The van der Waals surface area contributed by atoms with Gasteiger partial charge in [-0.2, -0.15) is 0 Å². The minimum absolute atomic E-state index is 0.168. The fourth-order valence-corrected chi connectivity index (χ4v) is 1.97. The van der Waals surface area contributed by atoms with Crippen molar-refractivity contribution in [3.05, 3.63) is 30.0 Å². The predicted molar refractivity (Wildman–Crippen MR) is 77.0 cm³/mol. The summed E-state index contributed by atoms with van der Waals surface area (Å²) in [6, 6.07) is 7.06. The van der Waals surface area contributed by atoms with Crippen LogP contribution in [0.1, 0.15) is 37.2 Å². The molecule has 0 aliphatic carbocycles. The van der Waals surface area contributed by atoms with Gasteiger partial charge in [-0.15, -0.1) is 0 Å². The van der Waals surface area contributed by atoms with Crippen molar-refractivity contribution < 1.29 is 9.21 Å². The van der Waals surface area contributed by atoms with Crippen LogP contribution in [0.4, 0.5) is 5.69 Å². The molecule has 2 aromatic rings. The first kappa shape index (κ1) is 13.5. The van der Waals surface area contributed by atoms with E-state index in [-0.39, 0.29) is 5.91 Å². The summed E-state index contributed by atoms with van der Waals surface area (Å²) in [6.07, 6.45) is 2.09. The lowest BCUT2D eigenvalue weighted by atomic mass is 10.1. The van der Waals surface area contributed by atoms with E-state index in [4.69, 9.17) is 10.2 Å². The Morgan fingerprint density at radius 3 is 2.89 bits per heavy atom. The molecule has 3 N–H and O–H groups in total. The smallest absolute Gasteiger partial charge is 0.287 e. The minimum Gasteiger partial charge on any atom is -0.451 e. The van der Waals surface area contributed by atoms with Crippen LogP contribution in [0.2, 0.25) is 0 Å². The van der Waals surface area contributed by atoms with Gasteiger partial charge in [0.2, 0.25) is 0 Å². The summed E-state index contributed by atoms with van der Waals surface area (Å²) in [5.41, 5.74) is 7.04. The highest BCUT2D eigenvalue weighted by Crippen LogP contribution is 2.21. The maximum atomic E-state index is 11.9. The van der Waals surface area contributed by atoms with E-state index >= 15 is 0 Å². The van der Waals surface area contributed by atoms with Gasteiger partial charge in [-0.3, -0.25) is 4.79 Å². The van der Waals surface area contributed by atoms with E-state index in [1.165, 1.54) is 0 Å². The summed E-state index contributed by atoms with van der Waals surface area (Å²) in [6.45, 7) is 5.02. The van der Waals surface area contributed by atoms with Crippen molar-refractivity contribution in [2.24, 2.45) is 5.92 Å². The molecule has 0 saturated heterocycles. The fourth-order valence-electron chi connectivity index (χ4n) is 1.97. The molecule has 0 bridgehead atoms. The number of nitrogens with one attached hydrogen (secondary N) is 1. The first-order valence-corrected chi connectivity index (χ1v) is 6.63. The molecule has 0 saturated carbocycles. The number of amides is 1. The van der Waals surface area contributed by atoms with Gasteiger partial charge in [0.25, 0.3) is 5.91 Å². The molecular weight excluding hydrogens is 240 g/mol. The van der Waals surface area contributed by atoms with E-state index in [1.807, 2.05) is 0 Å². The summed E-state index contributed by atoms with van der Waals surface area (Å²) in [4.78, 5) is 11.9. The molecule has 1 aromatic heterocycles. The Bertz CT molecular complexity index is 573. The summed E-state index contributed by atoms with van der Waals surface area (Å²) in [5.74, 6) is 0.828. The maximum Gasteiger partial charge on any atom is 0.287 e. The van der Waals surface area contributed by atoms with Crippen molar-refractivity contribution in [3.8, 4) is 0 Å². The molecule has 0 aliphatic heterocycles. The van der Waals surface area contributed by atoms with E-state index in [0.717, 1.165) is 18.2 Å². The molecule has 1 aromatic carbocycles. The predicted octanol–water partition coefficient (Wildman–Crippen LogP) is 3.18. The van der Waals surface area contributed by atoms with E-state index in [9.17, 15) is 4.79 Å². The van der Waals surface area contributed by atoms with Gasteiger partial charge < -0.3 is 15.5 Å². The lowest BCUT2D eigenvalue weighted by Crippen LogP contribution is -2.24. The Morgan fingerprint density at radius 1 is 1.37 bits per heavy atom. The van der Waals surface area contributed by atoms with E-state index in [0.29, 0.717) is 29.5 Å². The van der Waals surface area contributed by atoms with Gasteiger partial charge in [0.15, 0.2) is 5.76 Å². The van der Waals surface area contributed by atoms with Crippen molar-refractivity contribution in [1.29, 1.82) is 0 Å². The molecule has 0 aliphatic rings. The number of carbonyl (C=O) groups is 1. The van der Waals surface area contributed by atoms with Gasteiger partial charge in [0.05, 0.1) is 0 Å². The van der Waals surface area contributed by atoms with Crippen LogP contribution in [0.3, 0.4) is 0 Å². The quantitative estimate of drug-likeness (QED) is 0.641. The standard InChI is InChI=1S/C15H20N2O2/c1-10(2)4-3-7-17-15(18)14-9-11-8-12(16)5-6-13(11)19-14/h5-6,8-10H,3-4,7,16H2,1-2H3,(H,17,18). The third kappa shape index (κ3) is 3.50. The summed E-state index contributed by atoms with van der Waals surface area (Å²) in [7, 11) is 0. The number of rotatable bonds is 5. The largest absolute Gasteiger partial charge is 0.451 e. The highest BCUT2D eigenvalue weighted by molar-refractivity contribution is 5.96. The van der Waals surface area contributed by atoms with Crippen molar-refractivity contribution in [3.63, 3.8) is 0 Å². The topological polar surface area (TPSA) is 68.3 Å². The average molecular weight is 260 g/mol. The van der Waals surface area contributed by atoms with Crippen LogP contribution >= 0.6 is 0 Å². The van der Waals surface area contributed by atoms with Gasteiger partial charge in [0.1, 0.15) is 5.58 Å². The van der Waals surface area contributed by atoms with Crippen LogP contribution in [0.25, 0.3) is 11.0 Å². The SMILES string of the molecule is CC(C)CCCNC(=O)c1cc2cc(N)ccc2o1. The van der Waals surface area contributed by atoms with Gasteiger partial charge in [-0.05, 0) is 43.0 Å². The molecule has 4 heteroatoms. The van der Waals surface area contributed by atoms with E-state index < -0.39 is 0 Å². The normalized spacial score (nSPS) is 11.1. The van der Waals surface area contributed by atoms with Crippen LogP contribution in [-0.4, -0.2) is 12.5 Å². The van der Waals surface area contributed by atoms with Gasteiger partial charge in [-0.1, -0.05) is 13.8 Å². The number of furan rings is 1. The van der Waals surface area contributed by atoms with Crippen molar-refractivity contribution >= 4 is 22.6 Å². The van der Waals surface area contributed by atoms with Crippen LogP contribution < -0.4 is 11.1 Å². The molecule has 19 heavy (non-hydrogen) atoms. The number of fused-ring (bicyclic) bond motifs is 1. The van der Waals surface area contributed by atoms with Crippen molar-refractivity contribution in [2.45, 2.75) is 26.7 Å². The Kier molecular flexibility index (Phi) is 4.10. The van der Waals surface area contributed by atoms with Gasteiger partial charge >= 0.3 is 0 Å². The van der Waals surface area contributed by atoms with E-state index in [1.54, 1.807) is 24.3 Å². The maximum absolute atomic E-state index is 11.9. The minimum atomic E-state index is -0.168. The third-order valence-electron chi connectivity index (χ3n) is 3.01. The molecule has 0 atom stereocenters. The summed E-state index contributed by atoms with van der Waals surface area (Å²) >= 11 is 0. The molecule has 0 fully saturated rings. The number of nitrogen functional groups attached to an aromatic ring is 1. The number of benzene rings is 1. The molecule has 1 amide bonds. The van der Waals surface area contributed by atoms with Crippen molar-refractivity contribution in [2.75, 3.05) is 12.3 Å². The van der Waals surface area contributed by atoms with Crippen LogP contribution in [0, 0.1) is 5.92 Å². The number of carbonyl (C=O) groups excluding carboxylic acids is 1. The first-order valence-electron chi connectivity index (χ1n) is 6.63. The number of anilines is 1. The second kappa shape index (κ2) is 5.78. The van der Waals surface area contributed by atoms with E-state index in [2.05, 4.69) is 19.2 Å². The molecule has 0 radical (unpaired) electrons. The van der Waals surface area contributed by atoms with Crippen LogP contribution in [0.5, 0.6) is 0 Å². The lowest BCUT2D eigenvalue weighted by molar-refractivity contribution is 0.0927. The molecule has 0 spiro atoms. The zero-order chi connectivity index (χ0) is 13.8. The Labute approximate surface area is 113 Å². The number of hydrogen-bond acceptors (Lipinski definition) is 3. The van der Waals surface area contributed by atoms with Crippen LogP contribution in [0.15, 0.2) is 28.7 Å². The van der Waals surface area contributed by atoms with Gasteiger partial charge in [0, 0.05) is 17.6 Å². The zero-order valence-corrected chi connectivity index (χ0v) is 11.4. The Morgan fingerprint density at radius 2 is 2.16 bits per heavy atom. The summed E-state index contributed by atoms with van der Waals surface area (Å²) < 4.78 is 5.50. The highest BCUT2D eigenvalue weighted by Gasteiger charge is 2.11. The Hall–Kier alpha value is -1.97. The van der Waals surface area contributed by atoms with Crippen molar-refractivity contribution in [1.82, 2.24) is 5.32 Å². The second-order valence-corrected chi connectivity index (χ2v) is 5.20. The second-order valence-electron chi connectivity index (χ2n) is 5.20. The lowest BCUT2D eigenvalue weighted by Gasteiger charge is -2.05. The molecular formula is C15H20N2O2. The molecule has 0 unspecified atom stereocenters. The fraction of sp³-hybridized carbons (Fsp3) is 0.400. The summed E-state index contributed by atoms with van der Waals surface area (Å²) in [5, 5.41) is 3.72. The van der Waals surface area contributed by atoms with Gasteiger partial charge in [-0.25, -0.2) is 0 Å². The first-order chi connectivity index (χ1) is 9.06.